The molecule has 0 N–H and O–H groups in total. The van der Waals surface area contributed by atoms with Crippen molar-refractivity contribution in [2.45, 2.75) is 46.0 Å². The van der Waals surface area contributed by atoms with Gasteiger partial charge in [0.25, 0.3) is 0 Å². The minimum atomic E-state index is 0.896. The highest BCUT2D eigenvalue weighted by molar-refractivity contribution is 5.08. The van der Waals surface area contributed by atoms with Gasteiger partial charge in [-0.25, -0.2) is 0 Å². The zero-order valence-corrected chi connectivity index (χ0v) is 7.65. The summed E-state index contributed by atoms with van der Waals surface area (Å²) in [5.41, 5.74) is 1.48. The van der Waals surface area contributed by atoms with E-state index < -0.39 is 0 Å². The predicted molar refractivity (Wildman–Crippen MR) is 47.4 cm³/mol. The van der Waals surface area contributed by atoms with E-state index in [2.05, 4.69) is 13.8 Å². The Labute approximate surface area is 69.4 Å². The van der Waals surface area contributed by atoms with Gasteiger partial charge in [-0.05, 0) is 38.2 Å². The molecule has 0 aromatic rings. The molecule has 1 rings (SSSR count). The van der Waals surface area contributed by atoms with Gasteiger partial charge in [0.2, 0.25) is 0 Å². The van der Waals surface area contributed by atoms with Crippen LogP contribution in [0.4, 0.5) is 0 Å². The van der Waals surface area contributed by atoms with Gasteiger partial charge in [-0.2, -0.15) is 0 Å². The summed E-state index contributed by atoms with van der Waals surface area (Å²) in [4.78, 5) is 0. The highest BCUT2D eigenvalue weighted by Crippen LogP contribution is 2.24. The maximum Gasteiger partial charge on any atom is 0.0948 e. The van der Waals surface area contributed by atoms with Crippen LogP contribution in [0.2, 0.25) is 0 Å². The quantitative estimate of drug-likeness (QED) is 0.606. The first-order valence-corrected chi connectivity index (χ1v) is 4.66. The molecule has 0 spiro atoms. The van der Waals surface area contributed by atoms with Gasteiger partial charge in [0.15, 0.2) is 0 Å². The number of hydrogen-bond acceptors (Lipinski definition) is 1. The van der Waals surface area contributed by atoms with Crippen molar-refractivity contribution in [3.05, 3.63) is 11.3 Å². The number of hydrogen-bond donors (Lipinski definition) is 0. The van der Waals surface area contributed by atoms with E-state index in [0.29, 0.717) is 0 Å². The summed E-state index contributed by atoms with van der Waals surface area (Å²) in [5, 5.41) is 0. The van der Waals surface area contributed by atoms with Gasteiger partial charge in [0, 0.05) is 6.42 Å². The van der Waals surface area contributed by atoms with Crippen LogP contribution in [0.25, 0.3) is 0 Å². The van der Waals surface area contributed by atoms with Crippen molar-refractivity contribution in [3.8, 4) is 0 Å². The van der Waals surface area contributed by atoms with Crippen molar-refractivity contribution in [1.29, 1.82) is 0 Å². The van der Waals surface area contributed by atoms with Crippen LogP contribution in [0.3, 0.4) is 0 Å². The Morgan fingerprint density at radius 2 is 2.00 bits per heavy atom. The van der Waals surface area contributed by atoms with Crippen LogP contribution < -0.4 is 0 Å². The lowest BCUT2D eigenvalue weighted by Crippen LogP contribution is -2.02. The molecule has 1 nitrogen and oxygen atoms in total. The van der Waals surface area contributed by atoms with E-state index in [0.717, 1.165) is 13.0 Å². The Morgan fingerprint density at radius 1 is 1.27 bits per heavy atom. The molecule has 0 atom stereocenters. The third kappa shape index (κ3) is 2.57. The van der Waals surface area contributed by atoms with E-state index in [9.17, 15) is 0 Å². The van der Waals surface area contributed by atoms with Crippen molar-refractivity contribution in [2.24, 2.45) is 0 Å². The average Bonchev–Trinajstić information content (AvgIpc) is 2.03. The molecule has 0 saturated heterocycles. The van der Waals surface area contributed by atoms with Gasteiger partial charge < -0.3 is 4.74 Å². The molecular formula is C10H18O. The average molecular weight is 154 g/mol. The van der Waals surface area contributed by atoms with E-state index in [-0.39, 0.29) is 0 Å². The molecule has 0 radical (unpaired) electrons. The van der Waals surface area contributed by atoms with Gasteiger partial charge in [0.05, 0.1) is 12.4 Å². The monoisotopic (exact) mass is 154 g/mol. The lowest BCUT2D eigenvalue weighted by molar-refractivity contribution is 0.191. The molecule has 64 valence electrons. The summed E-state index contributed by atoms with van der Waals surface area (Å²) < 4.78 is 5.62. The fraction of sp³-hybridized carbons (Fsp3) is 0.800. The summed E-state index contributed by atoms with van der Waals surface area (Å²) in [6.45, 7) is 5.25. The van der Waals surface area contributed by atoms with Crippen molar-refractivity contribution in [2.75, 3.05) is 6.61 Å². The van der Waals surface area contributed by atoms with Crippen LogP contribution in [-0.2, 0) is 4.74 Å². The van der Waals surface area contributed by atoms with Crippen LogP contribution in [-0.4, -0.2) is 6.61 Å². The molecule has 11 heavy (non-hydrogen) atoms. The SMILES string of the molecule is CCCOC1=C(C)CCCC1. The van der Waals surface area contributed by atoms with E-state index in [1.54, 1.807) is 0 Å². The molecule has 0 aliphatic heterocycles. The summed E-state index contributed by atoms with van der Waals surface area (Å²) in [6.07, 6.45) is 6.21. The van der Waals surface area contributed by atoms with Gasteiger partial charge in [-0.1, -0.05) is 6.92 Å². The minimum Gasteiger partial charge on any atom is -0.498 e. The zero-order valence-electron chi connectivity index (χ0n) is 7.65. The van der Waals surface area contributed by atoms with Gasteiger partial charge in [-0.15, -0.1) is 0 Å². The largest absolute Gasteiger partial charge is 0.498 e. The first-order chi connectivity index (χ1) is 5.34. The van der Waals surface area contributed by atoms with Crippen LogP contribution in [0.1, 0.15) is 46.0 Å². The topological polar surface area (TPSA) is 9.23 Å². The molecular weight excluding hydrogens is 136 g/mol. The minimum absolute atomic E-state index is 0.896. The molecule has 0 bridgehead atoms. The summed E-state index contributed by atoms with van der Waals surface area (Å²) in [7, 11) is 0. The maximum atomic E-state index is 5.62. The third-order valence-corrected chi connectivity index (χ3v) is 2.16. The number of ether oxygens (including phenoxy) is 1. The lowest BCUT2D eigenvalue weighted by Gasteiger charge is -2.17. The number of allylic oxidation sites excluding steroid dienone is 2. The molecule has 0 aromatic carbocycles. The second-order valence-corrected chi connectivity index (χ2v) is 3.26. The first-order valence-electron chi connectivity index (χ1n) is 4.66. The van der Waals surface area contributed by atoms with E-state index in [1.165, 1.54) is 37.0 Å². The Hall–Kier alpha value is -0.460. The van der Waals surface area contributed by atoms with Crippen LogP contribution in [0, 0.1) is 0 Å². The first kappa shape index (κ1) is 8.63. The fourth-order valence-electron chi connectivity index (χ4n) is 1.45. The second kappa shape index (κ2) is 4.42. The number of rotatable bonds is 3. The molecule has 0 saturated carbocycles. The normalized spacial score (nSPS) is 18.7. The molecule has 0 fully saturated rings. The summed E-state index contributed by atoms with van der Waals surface area (Å²) in [5.74, 6) is 1.28. The van der Waals surface area contributed by atoms with Crippen molar-refractivity contribution in [3.63, 3.8) is 0 Å². The lowest BCUT2D eigenvalue weighted by atomic mass is 9.99. The second-order valence-electron chi connectivity index (χ2n) is 3.26. The Morgan fingerprint density at radius 3 is 2.64 bits per heavy atom. The Bertz CT molecular complexity index is 147. The molecule has 1 aliphatic rings. The predicted octanol–water partition coefficient (Wildman–Crippen LogP) is 3.26. The molecule has 0 amide bonds. The van der Waals surface area contributed by atoms with Gasteiger partial charge in [0.1, 0.15) is 0 Å². The highest BCUT2D eigenvalue weighted by Gasteiger charge is 2.09. The van der Waals surface area contributed by atoms with E-state index in [4.69, 9.17) is 4.74 Å². The van der Waals surface area contributed by atoms with Crippen molar-refractivity contribution >= 4 is 0 Å². The van der Waals surface area contributed by atoms with Crippen LogP contribution in [0.15, 0.2) is 11.3 Å². The van der Waals surface area contributed by atoms with Crippen LogP contribution in [0.5, 0.6) is 0 Å². The van der Waals surface area contributed by atoms with E-state index in [1.807, 2.05) is 0 Å². The highest BCUT2D eigenvalue weighted by atomic mass is 16.5. The summed E-state index contributed by atoms with van der Waals surface area (Å²) in [6, 6.07) is 0. The molecule has 0 aromatic heterocycles. The zero-order chi connectivity index (χ0) is 8.10. The third-order valence-electron chi connectivity index (χ3n) is 2.16. The van der Waals surface area contributed by atoms with Gasteiger partial charge >= 0.3 is 0 Å². The summed E-state index contributed by atoms with van der Waals surface area (Å²) >= 11 is 0. The molecule has 1 aliphatic carbocycles. The fourth-order valence-corrected chi connectivity index (χ4v) is 1.45. The maximum absolute atomic E-state index is 5.62. The Balaban J connectivity index is 2.39. The van der Waals surface area contributed by atoms with Crippen LogP contribution >= 0.6 is 0 Å². The smallest absolute Gasteiger partial charge is 0.0948 e. The van der Waals surface area contributed by atoms with Gasteiger partial charge in [-0.3, -0.25) is 0 Å². The van der Waals surface area contributed by atoms with Crippen molar-refractivity contribution < 1.29 is 4.74 Å². The standard InChI is InChI=1S/C10H18O/c1-3-8-11-10-7-5-4-6-9(10)2/h3-8H2,1-2H3. The van der Waals surface area contributed by atoms with Crippen molar-refractivity contribution in [1.82, 2.24) is 0 Å². The Kier molecular flexibility index (Phi) is 3.47. The molecule has 1 heteroatoms. The molecule has 0 unspecified atom stereocenters. The molecule has 0 heterocycles. The van der Waals surface area contributed by atoms with E-state index >= 15 is 0 Å².